The molecule has 0 aliphatic carbocycles. The lowest BCUT2D eigenvalue weighted by Crippen LogP contribution is -2.31. The second-order valence-corrected chi connectivity index (χ2v) is 8.12. The molecule has 140 valence electrons. The van der Waals surface area contributed by atoms with Crippen LogP contribution in [0.3, 0.4) is 0 Å². The quantitative estimate of drug-likeness (QED) is 0.860. The topological polar surface area (TPSA) is 65.5 Å². The molecule has 1 aromatic heterocycles. The van der Waals surface area contributed by atoms with Crippen molar-refractivity contribution in [1.29, 1.82) is 0 Å². The van der Waals surface area contributed by atoms with Gasteiger partial charge >= 0.3 is 0 Å². The third kappa shape index (κ3) is 3.94. The number of sulfonamides is 1. The van der Waals surface area contributed by atoms with E-state index in [9.17, 15) is 17.2 Å². The molecule has 1 saturated heterocycles. The Labute approximate surface area is 151 Å². The predicted molar refractivity (Wildman–Crippen MR) is 95.7 cm³/mol. The zero-order valence-corrected chi connectivity index (χ0v) is 15.3. The maximum atomic E-state index is 13.2. The number of likely N-dealkylation sites (N-methyl/N-ethyl adjacent to an activating group) is 1. The second kappa shape index (κ2) is 7.16. The maximum absolute atomic E-state index is 13.2. The Morgan fingerprint density at radius 2 is 1.96 bits per heavy atom. The highest BCUT2D eigenvalue weighted by Crippen LogP contribution is 2.23. The van der Waals surface area contributed by atoms with Crippen LogP contribution in [0.2, 0.25) is 0 Å². The first-order chi connectivity index (χ1) is 12.3. The zero-order valence-electron chi connectivity index (χ0n) is 14.5. The summed E-state index contributed by atoms with van der Waals surface area (Å²) < 4.78 is 53.2. The number of benzene rings is 1. The van der Waals surface area contributed by atoms with Crippen molar-refractivity contribution in [2.24, 2.45) is 0 Å². The molecule has 1 aromatic carbocycles. The van der Waals surface area contributed by atoms with Crippen molar-refractivity contribution in [2.45, 2.75) is 17.4 Å². The minimum absolute atomic E-state index is 0.0469. The molecule has 0 radical (unpaired) electrons. The molecule has 2 aromatic rings. The van der Waals surface area contributed by atoms with Crippen molar-refractivity contribution in [3.05, 3.63) is 48.2 Å². The van der Waals surface area contributed by atoms with Crippen LogP contribution in [-0.4, -0.2) is 51.5 Å². The molecule has 0 spiro atoms. The Hall–Kier alpha value is -2.26. The maximum Gasteiger partial charge on any atom is 0.263 e. The van der Waals surface area contributed by atoms with Gasteiger partial charge in [0.2, 0.25) is 0 Å². The molecule has 1 aliphatic heterocycles. The van der Waals surface area contributed by atoms with Gasteiger partial charge in [0, 0.05) is 31.4 Å². The summed E-state index contributed by atoms with van der Waals surface area (Å²) >= 11 is 0. The van der Waals surface area contributed by atoms with Gasteiger partial charge in [0.15, 0.2) is 11.6 Å². The molecule has 1 N–H and O–H groups in total. The predicted octanol–water partition coefficient (Wildman–Crippen LogP) is 2.30. The number of rotatable bonds is 5. The Kier molecular flexibility index (Phi) is 5.10. The highest BCUT2D eigenvalue weighted by Gasteiger charge is 2.25. The van der Waals surface area contributed by atoms with Crippen molar-refractivity contribution in [2.75, 3.05) is 36.8 Å². The molecule has 1 fully saturated rings. The summed E-state index contributed by atoms with van der Waals surface area (Å²) in [5, 5.41) is 0. The molecule has 0 saturated carbocycles. The summed E-state index contributed by atoms with van der Waals surface area (Å²) in [6, 6.07) is 6.35. The fourth-order valence-corrected chi connectivity index (χ4v) is 3.86. The summed E-state index contributed by atoms with van der Waals surface area (Å²) in [6.07, 6.45) is 2.28. The summed E-state index contributed by atoms with van der Waals surface area (Å²) in [5.74, 6) is -1.45. The number of nitrogens with zero attached hydrogens (tertiary/aromatic N) is 3. The van der Waals surface area contributed by atoms with E-state index >= 15 is 0 Å². The van der Waals surface area contributed by atoms with Gasteiger partial charge in [-0.3, -0.25) is 4.72 Å². The third-order valence-electron chi connectivity index (χ3n) is 4.42. The van der Waals surface area contributed by atoms with Crippen molar-refractivity contribution >= 4 is 21.5 Å². The second-order valence-electron chi connectivity index (χ2n) is 6.44. The van der Waals surface area contributed by atoms with Gasteiger partial charge in [-0.05, 0) is 44.8 Å². The van der Waals surface area contributed by atoms with Crippen LogP contribution in [0, 0.1) is 11.6 Å². The van der Waals surface area contributed by atoms with Crippen molar-refractivity contribution in [3.63, 3.8) is 0 Å². The molecule has 0 amide bonds. The Bertz CT molecular complexity index is 888. The smallest absolute Gasteiger partial charge is 0.263 e. The van der Waals surface area contributed by atoms with E-state index in [1.165, 1.54) is 12.3 Å². The van der Waals surface area contributed by atoms with Gasteiger partial charge in [-0.1, -0.05) is 0 Å². The lowest BCUT2D eigenvalue weighted by Gasteiger charge is -2.21. The molecule has 9 heteroatoms. The van der Waals surface area contributed by atoms with Gasteiger partial charge in [0.05, 0.1) is 5.69 Å². The molecule has 1 unspecified atom stereocenters. The van der Waals surface area contributed by atoms with E-state index in [4.69, 9.17) is 0 Å². The highest BCUT2D eigenvalue weighted by molar-refractivity contribution is 7.92. The Morgan fingerprint density at radius 1 is 1.19 bits per heavy atom. The van der Waals surface area contributed by atoms with Gasteiger partial charge in [0.25, 0.3) is 10.0 Å². The molecule has 1 aliphatic rings. The summed E-state index contributed by atoms with van der Waals surface area (Å²) in [5.41, 5.74) is -0.0543. The van der Waals surface area contributed by atoms with E-state index in [0.29, 0.717) is 11.9 Å². The van der Waals surface area contributed by atoms with Gasteiger partial charge in [-0.2, -0.15) is 0 Å². The van der Waals surface area contributed by atoms with Crippen LogP contribution >= 0.6 is 0 Å². The minimum Gasteiger partial charge on any atom is -0.355 e. The van der Waals surface area contributed by atoms with Crippen LogP contribution in [0.15, 0.2) is 41.4 Å². The SMILES string of the molecule is CN(C)C1CCN(c2ccc(S(=O)(=O)Nc3ccc(F)c(F)c3)cn2)C1. The number of hydrogen-bond acceptors (Lipinski definition) is 5. The monoisotopic (exact) mass is 382 g/mol. The first-order valence-corrected chi connectivity index (χ1v) is 9.60. The van der Waals surface area contributed by atoms with Crippen molar-refractivity contribution < 1.29 is 17.2 Å². The van der Waals surface area contributed by atoms with E-state index in [1.54, 1.807) is 6.07 Å². The first-order valence-electron chi connectivity index (χ1n) is 8.11. The molecule has 0 bridgehead atoms. The number of pyridine rings is 1. The largest absolute Gasteiger partial charge is 0.355 e. The van der Waals surface area contributed by atoms with E-state index in [0.717, 1.165) is 37.7 Å². The van der Waals surface area contributed by atoms with Crippen LogP contribution in [-0.2, 0) is 10.0 Å². The van der Waals surface area contributed by atoms with Crippen LogP contribution in [0.5, 0.6) is 0 Å². The fraction of sp³-hybridized carbons (Fsp3) is 0.353. The summed E-state index contributed by atoms with van der Waals surface area (Å²) in [7, 11) is 0.122. The minimum atomic E-state index is -3.94. The highest BCUT2D eigenvalue weighted by atomic mass is 32.2. The number of nitrogens with one attached hydrogen (secondary N) is 1. The standard InChI is InChI=1S/C17H20F2N4O2S/c1-22(2)13-7-8-23(11-13)17-6-4-14(10-20-17)26(24,25)21-12-3-5-15(18)16(19)9-12/h3-6,9-10,13,21H,7-8,11H2,1-2H3. The third-order valence-corrected chi connectivity index (χ3v) is 5.79. The summed E-state index contributed by atoms with van der Waals surface area (Å²) in [6.45, 7) is 1.69. The van der Waals surface area contributed by atoms with Crippen LogP contribution in [0.1, 0.15) is 6.42 Å². The molecule has 6 nitrogen and oxygen atoms in total. The Morgan fingerprint density at radius 3 is 2.54 bits per heavy atom. The molecule has 2 heterocycles. The Balaban J connectivity index is 1.74. The van der Waals surface area contributed by atoms with Crippen molar-refractivity contribution in [3.8, 4) is 0 Å². The molecular weight excluding hydrogens is 362 g/mol. The van der Waals surface area contributed by atoms with E-state index in [1.807, 2.05) is 14.1 Å². The number of halogens is 2. The normalized spacial score (nSPS) is 17.7. The number of anilines is 2. The first kappa shape index (κ1) is 18.5. The van der Waals surface area contributed by atoms with Crippen LogP contribution in [0.25, 0.3) is 0 Å². The van der Waals surface area contributed by atoms with Gasteiger partial charge < -0.3 is 9.80 Å². The van der Waals surface area contributed by atoms with Crippen LogP contribution < -0.4 is 9.62 Å². The summed E-state index contributed by atoms with van der Waals surface area (Å²) in [4.78, 5) is 8.46. The number of aromatic nitrogens is 1. The lowest BCUT2D eigenvalue weighted by molar-refractivity contribution is 0.315. The molecule has 26 heavy (non-hydrogen) atoms. The number of hydrogen-bond donors (Lipinski definition) is 1. The average Bonchev–Trinajstić information content (AvgIpc) is 3.08. The van der Waals surface area contributed by atoms with Gasteiger partial charge in [-0.25, -0.2) is 22.2 Å². The average molecular weight is 382 g/mol. The molecule has 3 rings (SSSR count). The van der Waals surface area contributed by atoms with Gasteiger partial charge in [-0.15, -0.1) is 0 Å². The lowest BCUT2D eigenvalue weighted by atomic mass is 10.2. The van der Waals surface area contributed by atoms with Crippen molar-refractivity contribution in [1.82, 2.24) is 9.88 Å². The molecule has 1 atom stereocenters. The van der Waals surface area contributed by atoms with Gasteiger partial charge in [0.1, 0.15) is 10.7 Å². The van der Waals surface area contributed by atoms with Crippen LogP contribution in [0.4, 0.5) is 20.3 Å². The van der Waals surface area contributed by atoms with E-state index in [-0.39, 0.29) is 10.6 Å². The molecular formula is C17H20F2N4O2S. The fourth-order valence-electron chi connectivity index (χ4n) is 2.86. The zero-order chi connectivity index (χ0) is 18.9. The van der Waals surface area contributed by atoms with E-state index < -0.39 is 21.7 Å². The van der Waals surface area contributed by atoms with E-state index in [2.05, 4.69) is 19.5 Å².